The molecule has 9 aliphatic rings. The van der Waals surface area contributed by atoms with Gasteiger partial charge in [0, 0.05) is 0 Å². The monoisotopic (exact) mass is 688 g/mol. The minimum absolute atomic E-state index is 0.402. The summed E-state index contributed by atoms with van der Waals surface area (Å²) in [5.74, 6) is 5.48. The zero-order valence-corrected chi connectivity index (χ0v) is 30.2. The fraction of sp³-hybridized carbons (Fsp3) is 1.00. The van der Waals surface area contributed by atoms with Gasteiger partial charge in [-0.15, -0.1) is 0 Å². The second-order valence-corrected chi connectivity index (χ2v) is 17.9. The van der Waals surface area contributed by atoms with Crippen LogP contribution in [0.25, 0.3) is 0 Å². The number of epoxide rings is 9. The minimum Gasteiger partial charge on any atom is -0.373 e. The van der Waals surface area contributed by atoms with Gasteiger partial charge in [0.05, 0.1) is 114 Å². The highest BCUT2D eigenvalue weighted by Crippen LogP contribution is 2.52. The van der Waals surface area contributed by atoms with Crippen LogP contribution in [0.2, 0.25) is 0 Å². The number of hydrogen-bond acceptors (Lipinski definition) is 9. The van der Waals surface area contributed by atoms with Crippen LogP contribution < -0.4 is 0 Å². The van der Waals surface area contributed by atoms with Crippen LogP contribution in [0.1, 0.15) is 84.5 Å². The molecule has 0 aromatic rings. The predicted molar refractivity (Wildman–Crippen MR) is 181 cm³/mol. The van der Waals surface area contributed by atoms with Gasteiger partial charge in [-0.25, -0.2) is 0 Å². The maximum absolute atomic E-state index is 6.10. The quantitative estimate of drug-likeness (QED) is 0.0991. The first-order valence-electron chi connectivity index (χ1n) is 20.6. The van der Waals surface area contributed by atoms with Gasteiger partial charge in [-0.05, 0) is 117 Å². The molecule has 0 aromatic carbocycles. The smallest absolute Gasteiger partial charge is 0.0812 e. The molecule has 18 atom stereocenters. The van der Waals surface area contributed by atoms with Crippen molar-refractivity contribution in [1.29, 1.82) is 0 Å². The molecule has 9 rings (SSSR count). The lowest BCUT2D eigenvalue weighted by Crippen LogP contribution is -2.39. The van der Waals surface area contributed by atoms with E-state index in [9.17, 15) is 0 Å². The molecule has 0 aliphatic carbocycles. The first-order valence-corrected chi connectivity index (χ1v) is 20.6. The molecule has 9 fully saturated rings. The van der Waals surface area contributed by atoms with E-state index in [1.165, 1.54) is 70.6 Å². The van der Waals surface area contributed by atoms with Crippen LogP contribution in [0.5, 0.6) is 0 Å². The number of ether oxygens (including phenoxy) is 9. The normalized spacial score (nSPS) is 41.4. The molecule has 0 radical (unpaired) electrons. The van der Waals surface area contributed by atoms with Gasteiger partial charge >= 0.3 is 0 Å². The van der Waals surface area contributed by atoms with E-state index < -0.39 is 0 Å². The van der Waals surface area contributed by atoms with Gasteiger partial charge in [-0.3, -0.25) is 0 Å². The third-order valence-corrected chi connectivity index (χ3v) is 14.0. The molecule has 0 amide bonds. The Labute approximate surface area is 294 Å². The summed E-state index contributed by atoms with van der Waals surface area (Å²) in [6.07, 6.45) is 16.9. The fourth-order valence-electron chi connectivity index (χ4n) is 10.5. The SMILES string of the molecule is CCC(CC1CO1)C(CC1CO1)C(CC1CO1)C(CC1CO1)C(CC1CO1)CC(CC1CO1)C(CC1CO1)C(CC1CO1)C(C)CC1CO1. The lowest BCUT2D eigenvalue weighted by molar-refractivity contribution is 0.0346. The van der Waals surface area contributed by atoms with Crippen molar-refractivity contribution < 1.29 is 42.6 Å². The van der Waals surface area contributed by atoms with Crippen molar-refractivity contribution in [1.82, 2.24) is 0 Å². The zero-order valence-electron chi connectivity index (χ0n) is 30.2. The molecule has 18 unspecified atom stereocenters. The Morgan fingerprint density at radius 1 is 0.347 bits per heavy atom. The summed E-state index contributed by atoms with van der Waals surface area (Å²) in [5, 5.41) is 0. The molecule has 9 saturated heterocycles. The Morgan fingerprint density at radius 3 is 0.980 bits per heavy atom. The summed E-state index contributed by atoms with van der Waals surface area (Å²) in [4.78, 5) is 0. The van der Waals surface area contributed by atoms with Crippen molar-refractivity contribution >= 4 is 0 Å². The van der Waals surface area contributed by atoms with Gasteiger partial charge in [-0.1, -0.05) is 20.3 Å². The Hall–Kier alpha value is -0.360. The van der Waals surface area contributed by atoms with E-state index in [0.29, 0.717) is 108 Å². The summed E-state index contributed by atoms with van der Waals surface area (Å²) in [6.45, 7) is 13.3. The zero-order chi connectivity index (χ0) is 32.9. The van der Waals surface area contributed by atoms with Crippen LogP contribution in [0.4, 0.5) is 0 Å². The molecule has 49 heavy (non-hydrogen) atoms. The van der Waals surface area contributed by atoms with E-state index in [1.807, 2.05) is 0 Å². The molecule has 0 N–H and O–H groups in total. The van der Waals surface area contributed by atoms with E-state index in [4.69, 9.17) is 42.6 Å². The average molecular weight is 689 g/mol. The molecule has 0 spiro atoms. The minimum atomic E-state index is 0.402. The van der Waals surface area contributed by atoms with Crippen molar-refractivity contribution in [3.8, 4) is 0 Å². The standard InChI is InChI=1S/C40H64O9/c1-3-24(6-28-15-42-28)37(10-32-19-46-32)40(13-35-22-49-35)39(12-34-21-48-34)26(8-30-17-44-30)5-25(7-29-16-43-29)38(11-33-20-47-33)36(9-31-18-45-31)23(2)4-27-14-41-27/h23-40H,3-22H2,1-2H3. The van der Waals surface area contributed by atoms with E-state index in [-0.39, 0.29) is 0 Å². The molecule has 278 valence electrons. The van der Waals surface area contributed by atoms with Crippen molar-refractivity contribution in [2.24, 2.45) is 53.3 Å². The second-order valence-electron chi connectivity index (χ2n) is 17.9. The van der Waals surface area contributed by atoms with E-state index in [0.717, 1.165) is 59.5 Å². The third-order valence-electron chi connectivity index (χ3n) is 14.0. The number of hydrogen-bond donors (Lipinski definition) is 0. The highest BCUT2D eigenvalue weighted by Gasteiger charge is 2.50. The molecule has 9 heteroatoms. The second kappa shape index (κ2) is 15.2. The maximum Gasteiger partial charge on any atom is 0.0812 e. The van der Waals surface area contributed by atoms with Crippen molar-refractivity contribution in [3.63, 3.8) is 0 Å². The Balaban J connectivity index is 1.03. The van der Waals surface area contributed by atoms with Crippen LogP contribution in [0.3, 0.4) is 0 Å². The van der Waals surface area contributed by atoms with Gasteiger partial charge < -0.3 is 42.6 Å². The Kier molecular flexibility index (Phi) is 10.7. The molecule has 9 aliphatic heterocycles. The molecule has 9 heterocycles. The van der Waals surface area contributed by atoms with Crippen LogP contribution in [0, 0.1) is 53.3 Å². The van der Waals surface area contributed by atoms with Crippen molar-refractivity contribution in [2.45, 2.75) is 139 Å². The average Bonchev–Trinajstić information content (AvgIpc) is 3.91. The summed E-state index contributed by atoms with van der Waals surface area (Å²) < 4.78 is 53.9. The number of rotatable bonds is 28. The maximum atomic E-state index is 6.10. The topological polar surface area (TPSA) is 113 Å². The van der Waals surface area contributed by atoms with Crippen molar-refractivity contribution in [2.75, 3.05) is 59.5 Å². The van der Waals surface area contributed by atoms with Crippen molar-refractivity contribution in [3.05, 3.63) is 0 Å². The van der Waals surface area contributed by atoms with Gasteiger partial charge in [-0.2, -0.15) is 0 Å². The van der Waals surface area contributed by atoms with Crippen LogP contribution in [-0.2, 0) is 42.6 Å². The highest BCUT2D eigenvalue weighted by molar-refractivity contribution is 4.98. The Morgan fingerprint density at radius 2 is 0.612 bits per heavy atom. The predicted octanol–water partition coefficient (Wildman–Crippen LogP) is 5.45. The molecule has 0 saturated carbocycles. The van der Waals surface area contributed by atoms with Crippen LogP contribution >= 0.6 is 0 Å². The van der Waals surface area contributed by atoms with E-state index in [1.54, 1.807) is 0 Å². The van der Waals surface area contributed by atoms with E-state index in [2.05, 4.69) is 13.8 Å². The lowest BCUT2D eigenvalue weighted by Gasteiger charge is -2.44. The summed E-state index contributed by atoms with van der Waals surface area (Å²) >= 11 is 0. The molecule has 0 aromatic heterocycles. The Bertz CT molecular complexity index is 1060. The molecular formula is C40H64O9. The van der Waals surface area contributed by atoms with Gasteiger partial charge in [0.2, 0.25) is 0 Å². The largest absolute Gasteiger partial charge is 0.373 e. The fourth-order valence-corrected chi connectivity index (χ4v) is 10.5. The van der Waals surface area contributed by atoms with Crippen LogP contribution in [-0.4, -0.2) is 114 Å². The first-order chi connectivity index (χ1) is 24.0. The molecular weight excluding hydrogens is 624 g/mol. The molecule has 9 nitrogen and oxygen atoms in total. The van der Waals surface area contributed by atoms with E-state index >= 15 is 0 Å². The third kappa shape index (κ3) is 10.6. The summed E-state index contributed by atoms with van der Waals surface area (Å²) in [5.41, 5.74) is 0. The van der Waals surface area contributed by atoms with Crippen LogP contribution in [0.15, 0.2) is 0 Å². The first kappa shape index (κ1) is 34.4. The highest BCUT2D eigenvalue weighted by atomic mass is 16.6. The summed E-state index contributed by atoms with van der Waals surface area (Å²) in [6, 6.07) is 0. The summed E-state index contributed by atoms with van der Waals surface area (Å²) in [7, 11) is 0. The van der Waals surface area contributed by atoms with Gasteiger partial charge in [0.15, 0.2) is 0 Å². The lowest BCUT2D eigenvalue weighted by atomic mass is 9.60. The van der Waals surface area contributed by atoms with Gasteiger partial charge in [0.1, 0.15) is 0 Å². The van der Waals surface area contributed by atoms with Gasteiger partial charge in [0.25, 0.3) is 0 Å². The molecule has 0 bridgehead atoms.